The molecule has 0 bridgehead atoms. The smallest absolute Gasteiger partial charge is 0.272 e. The number of rotatable bonds is 2. The number of carbonyl (C=O) groups is 1. The molecule has 0 radical (unpaired) electrons. The number of hydrogen-bond acceptors (Lipinski definition) is 4. The van der Waals surface area contributed by atoms with E-state index in [0.717, 1.165) is 30.1 Å². The van der Waals surface area contributed by atoms with Crippen LogP contribution in [0.4, 0.5) is 0 Å². The predicted octanol–water partition coefficient (Wildman–Crippen LogP) is 1.97. The van der Waals surface area contributed by atoms with Crippen LogP contribution in [0.25, 0.3) is 0 Å². The van der Waals surface area contributed by atoms with Crippen molar-refractivity contribution in [2.24, 2.45) is 0 Å². The van der Waals surface area contributed by atoms with E-state index >= 15 is 0 Å². The molecule has 110 valence electrons. The fourth-order valence-corrected chi connectivity index (χ4v) is 3.01. The summed E-state index contributed by atoms with van der Waals surface area (Å²) >= 11 is 0. The first-order valence-electron chi connectivity index (χ1n) is 7.15. The number of H-pyrrole nitrogens is 1. The highest BCUT2D eigenvalue weighted by Crippen LogP contribution is 2.37. The van der Waals surface area contributed by atoms with E-state index in [4.69, 9.17) is 0 Å². The number of nitrogens with zero attached hydrogens (tertiary/aromatic N) is 4. The van der Waals surface area contributed by atoms with Gasteiger partial charge in [0.1, 0.15) is 11.2 Å². The molecule has 6 nitrogen and oxygen atoms in total. The highest BCUT2D eigenvalue weighted by Gasteiger charge is 2.44. The second kappa shape index (κ2) is 4.95. The number of aryl methyl sites for hydroxylation is 2. The van der Waals surface area contributed by atoms with Gasteiger partial charge in [-0.05, 0) is 45.7 Å². The van der Waals surface area contributed by atoms with Crippen LogP contribution in [0, 0.1) is 13.8 Å². The first kappa shape index (κ1) is 13.7. The summed E-state index contributed by atoms with van der Waals surface area (Å²) < 4.78 is 0. The normalized spacial score (nSPS) is 21.8. The highest BCUT2D eigenvalue weighted by atomic mass is 16.2. The van der Waals surface area contributed by atoms with Crippen LogP contribution in [0.2, 0.25) is 0 Å². The maximum atomic E-state index is 12.7. The van der Waals surface area contributed by atoms with Crippen molar-refractivity contribution in [1.29, 1.82) is 0 Å². The molecule has 1 fully saturated rings. The third-order valence-corrected chi connectivity index (χ3v) is 4.08. The summed E-state index contributed by atoms with van der Waals surface area (Å²) in [4.78, 5) is 23.7. The van der Waals surface area contributed by atoms with Gasteiger partial charge in [-0.15, -0.1) is 0 Å². The number of amides is 1. The van der Waals surface area contributed by atoms with Crippen molar-refractivity contribution < 1.29 is 4.79 Å². The number of aromatic nitrogens is 4. The third kappa shape index (κ3) is 2.30. The van der Waals surface area contributed by atoms with Crippen molar-refractivity contribution in [2.45, 2.75) is 39.2 Å². The van der Waals surface area contributed by atoms with Crippen molar-refractivity contribution >= 4 is 5.91 Å². The van der Waals surface area contributed by atoms with Crippen LogP contribution in [-0.2, 0) is 5.54 Å². The summed E-state index contributed by atoms with van der Waals surface area (Å²) in [6.45, 7) is 6.67. The number of aromatic amines is 1. The third-order valence-electron chi connectivity index (χ3n) is 4.08. The Kier molecular flexibility index (Phi) is 3.23. The fraction of sp³-hybridized carbons (Fsp3) is 0.467. The van der Waals surface area contributed by atoms with Crippen molar-refractivity contribution in [3.63, 3.8) is 0 Å². The molecule has 0 aromatic carbocycles. The van der Waals surface area contributed by atoms with Crippen LogP contribution < -0.4 is 0 Å². The predicted molar refractivity (Wildman–Crippen MR) is 77.7 cm³/mol. The molecular weight excluding hydrogens is 266 g/mol. The van der Waals surface area contributed by atoms with Crippen molar-refractivity contribution in [3.05, 3.63) is 41.2 Å². The first-order chi connectivity index (χ1) is 10.0. The lowest BCUT2D eigenvalue weighted by molar-refractivity contribution is 0.0597. The fourth-order valence-electron chi connectivity index (χ4n) is 3.01. The lowest BCUT2D eigenvalue weighted by Gasteiger charge is -2.33. The molecule has 0 spiro atoms. The van der Waals surface area contributed by atoms with Gasteiger partial charge in [-0.3, -0.25) is 9.89 Å². The Hall–Kier alpha value is -2.24. The van der Waals surface area contributed by atoms with E-state index in [2.05, 4.69) is 20.2 Å². The van der Waals surface area contributed by atoms with E-state index in [1.165, 1.54) is 0 Å². The van der Waals surface area contributed by atoms with E-state index < -0.39 is 5.54 Å². The highest BCUT2D eigenvalue weighted by molar-refractivity contribution is 5.93. The molecule has 21 heavy (non-hydrogen) atoms. The molecule has 1 saturated heterocycles. The Morgan fingerprint density at radius 3 is 2.67 bits per heavy atom. The molecule has 1 aliphatic rings. The first-order valence-corrected chi connectivity index (χ1v) is 7.15. The molecule has 6 heteroatoms. The summed E-state index contributed by atoms with van der Waals surface area (Å²) in [6, 6.07) is 3.65. The molecule has 1 aliphatic heterocycles. The van der Waals surface area contributed by atoms with E-state index in [9.17, 15) is 4.79 Å². The van der Waals surface area contributed by atoms with E-state index in [0.29, 0.717) is 12.2 Å². The number of nitrogens with one attached hydrogen (secondary N) is 1. The summed E-state index contributed by atoms with van der Waals surface area (Å²) in [6.07, 6.45) is 3.41. The quantitative estimate of drug-likeness (QED) is 0.915. The van der Waals surface area contributed by atoms with Crippen molar-refractivity contribution in [1.82, 2.24) is 25.1 Å². The Morgan fingerprint density at radius 1 is 1.33 bits per heavy atom. The number of carbonyl (C=O) groups excluding carboxylic acids is 1. The molecule has 2 aromatic heterocycles. The van der Waals surface area contributed by atoms with Crippen molar-refractivity contribution in [2.75, 3.05) is 6.54 Å². The van der Waals surface area contributed by atoms with E-state index in [1.807, 2.05) is 31.7 Å². The van der Waals surface area contributed by atoms with E-state index in [-0.39, 0.29) is 5.91 Å². The standard InChI is InChI=1S/C15H19N5O/c1-10-9-11(2)18-14(17-10)15(3)6-4-8-20(15)13(21)12-5-7-16-19-12/h5,7,9H,4,6,8H2,1-3H3,(H,16,19)/t15-/m1/s1. The van der Waals surface area contributed by atoms with Crippen molar-refractivity contribution in [3.8, 4) is 0 Å². The monoisotopic (exact) mass is 285 g/mol. The minimum absolute atomic E-state index is 0.0461. The minimum Gasteiger partial charge on any atom is -0.325 e. The lowest BCUT2D eigenvalue weighted by Crippen LogP contribution is -2.44. The molecule has 0 aliphatic carbocycles. The molecule has 1 atom stereocenters. The Balaban J connectivity index is 2.00. The summed E-state index contributed by atoms with van der Waals surface area (Å²) in [7, 11) is 0. The van der Waals surface area contributed by atoms with Crippen LogP contribution in [0.5, 0.6) is 0 Å². The van der Waals surface area contributed by atoms with Crippen LogP contribution in [0.3, 0.4) is 0 Å². The van der Waals surface area contributed by atoms with Gasteiger partial charge in [0, 0.05) is 24.1 Å². The summed E-state index contributed by atoms with van der Waals surface area (Å²) in [5, 5.41) is 6.60. The van der Waals surface area contributed by atoms with E-state index in [1.54, 1.807) is 12.3 Å². The molecule has 1 amide bonds. The van der Waals surface area contributed by atoms with Crippen LogP contribution in [0.15, 0.2) is 18.3 Å². The van der Waals surface area contributed by atoms with Gasteiger partial charge in [-0.1, -0.05) is 0 Å². The van der Waals surface area contributed by atoms with Gasteiger partial charge in [0.2, 0.25) is 0 Å². The average molecular weight is 285 g/mol. The van der Waals surface area contributed by atoms with Gasteiger partial charge in [0.05, 0.1) is 0 Å². The summed E-state index contributed by atoms with van der Waals surface area (Å²) in [5.74, 6) is 0.681. The maximum absolute atomic E-state index is 12.7. The Morgan fingerprint density at radius 2 is 2.05 bits per heavy atom. The molecular formula is C15H19N5O. The zero-order valence-electron chi connectivity index (χ0n) is 12.6. The second-order valence-corrected chi connectivity index (χ2v) is 5.78. The van der Waals surface area contributed by atoms with Gasteiger partial charge in [0.25, 0.3) is 5.91 Å². The van der Waals surface area contributed by atoms with Gasteiger partial charge in [-0.2, -0.15) is 5.10 Å². The zero-order chi connectivity index (χ0) is 15.0. The maximum Gasteiger partial charge on any atom is 0.272 e. The van der Waals surface area contributed by atoms with Gasteiger partial charge in [0.15, 0.2) is 5.82 Å². The SMILES string of the molecule is Cc1cc(C)nc([C@@]2(C)CCCN2C(=O)c2ccn[nH]2)n1. The topological polar surface area (TPSA) is 74.8 Å². The zero-order valence-corrected chi connectivity index (χ0v) is 12.6. The molecule has 3 heterocycles. The molecule has 2 aromatic rings. The minimum atomic E-state index is -0.459. The largest absolute Gasteiger partial charge is 0.325 e. The molecule has 1 N–H and O–H groups in total. The molecule has 0 unspecified atom stereocenters. The Bertz CT molecular complexity index is 646. The van der Waals surface area contributed by atoms with Crippen LogP contribution in [-0.4, -0.2) is 37.5 Å². The van der Waals surface area contributed by atoms with Gasteiger partial charge in [-0.25, -0.2) is 9.97 Å². The molecule has 3 rings (SSSR count). The Labute approximate surface area is 123 Å². The van der Waals surface area contributed by atoms with Crippen LogP contribution >= 0.6 is 0 Å². The van der Waals surface area contributed by atoms with Crippen LogP contribution in [0.1, 0.15) is 47.5 Å². The number of likely N-dealkylation sites (tertiary alicyclic amines) is 1. The summed E-state index contributed by atoms with van der Waals surface area (Å²) in [5.41, 5.74) is 1.91. The second-order valence-electron chi connectivity index (χ2n) is 5.78. The lowest BCUT2D eigenvalue weighted by atomic mass is 9.97. The number of hydrogen-bond donors (Lipinski definition) is 1. The average Bonchev–Trinajstić information content (AvgIpc) is 3.06. The molecule has 0 saturated carbocycles. The van der Waals surface area contributed by atoms with Gasteiger partial charge < -0.3 is 4.90 Å². The van der Waals surface area contributed by atoms with Gasteiger partial charge >= 0.3 is 0 Å².